The summed E-state index contributed by atoms with van der Waals surface area (Å²) in [7, 11) is 0. The van der Waals surface area contributed by atoms with Crippen molar-refractivity contribution in [2.75, 3.05) is 0 Å². The van der Waals surface area contributed by atoms with Crippen molar-refractivity contribution in [2.24, 2.45) is 0 Å². The molecule has 0 aromatic carbocycles. The average molecular weight is 247 g/mol. The van der Waals surface area contributed by atoms with E-state index < -0.39 is 0 Å². The number of rotatable bonds is 10. The number of carbonyl (C=O) groups is 1. The summed E-state index contributed by atoms with van der Waals surface area (Å²) in [4.78, 5) is 15.7. The van der Waals surface area contributed by atoms with Gasteiger partial charge in [-0.2, -0.15) is 0 Å². The molecule has 0 bridgehead atoms. The molecule has 100 valence electrons. The van der Waals surface area contributed by atoms with Crippen LogP contribution >= 0.6 is 0 Å². The lowest BCUT2D eigenvalue weighted by molar-refractivity contribution is -0.119. The number of aromatic nitrogens is 1. The SMILES string of the molecule is CCCCCCCCC(=O)CCc1ccncc1. The lowest BCUT2D eigenvalue weighted by Crippen LogP contribution is -2.00. The summed E-state index contributed by atoms with van der Waals surface area (Å²) in [6, 6.07) is 3.97. The van der Waals surface area contributed by atoms with Crippen molar-refractivity contribution in [3.05, 3.63) is 30.1 Å². The van der Waals surface area contributed by atoms with Crippen molar-refractivity contribution in [1.82, 2.24) is 4.98 Å². The van der Waals surface area contributed by atoms with Crippen LogP contribution in [0.25, 0.3) is 0 Å². The molecule has 1 aromatic heterocycles. The Labute approximate surface area is 111 Å². The van der Waals surface area contributed by atoms with Crippen LogP contribution in [0, 0.1) is 0 Å². The fraction of sp³-hybridized carbons (Fsp3) is 0.625. The van der Waals surface area contributed by atoms with Crippen LogP contribution in [0.15, 0.2) is 24.5 Å². The van der Waals surface area contributed by atoms with Crippen molar-refractivity contribution in [3.63, 3.8) is 0 Å². The van der Waals surface area contributed by atoms with Crippen molar-refractivity contribution < 1.29 is 4.79 Å². The summed E-state index contributed by atoms with van der Waals surface area (Å²) in [6.07, 6.45) is 13.4. The summed E-state index contributed by atoms with van der Waals surface area (Å²) in [5.41, 5.74) is 1.21. The lowest BCUT2D eigenvalue weighted by atomic mass is 10.0. The van der Waals surface area contributed by atoms with Gasteiger partial charge in [0.2, 0.25) is 0 Å². The molecule has 0 fully saturated rings. The molecule has 0 saturated heterocycles. The first-order valence-corrected chi connectivity index (χ1v) is 7.23. The van der Waals surface area contributed by atoms with Gasteiger partial charge in [-0.25, -0.2) is 0 Å². The third kappa shape index (κ3) is 7.21. The van der Waals surface area contributed by atoms with E-state index in [1.54, 1.807) is 12.4 Å². The minimum absolute atomic E-state index is 0.405. The number of nitrogens with zero attached hydrogens (tertiary/aromatic N) is 1. The lowest BCUT2D eigenvalue weighted by Gasteiger charge is -2.02. The van der Waals surface area contributed by atoms with Crippen molar-refractivity contribution in [1.29, 1.82) is 0 Å². The molecule has 0 aliphatic heterocycles. The first kappa shape index (κ1) is 14.9. The molecule has 0 radical (unpaired) electrons. The van der Waals surface area contributed by atoms with Gasteiger partial charge in [-0.15, -0.1) is 0 Å². The van der Waals surface area contributed by atoms with E-state index in [0.717, 1.165) is 19.3 Å². The molecule has 0 aliphatic carbocycles. The molecule has 1 heterocycles. The third-order valence-corrected chi connectivity index (χ3v) is 3.25. The molecule has 0 aliphatic rings. The maximum absolute atomic E-state index is 11.7. The monoisotopic (exact) mass is 247 g/mol. The number of Topliss-reactive ketones (excluding diaryl/α,β-unsaturated/α-hetero) is 1. The molecule has 0 saturated carbocycles. The molecular weight excluding hydrogens is 222 g/mol. The molecule has 18 heavy (non-hydrogen) atoms. The van der Waals surface area contributed by atoms with Crippen LogP contribution in [-0.2, 0) is 11.2 Å². The number of unbranched alkanes of at least 4 members (excludes halogenated alkanes) is 5. The average Bonchev–Trinajstić information content (AvgIpc) is 2.41. The van der Waals surface area contributed by atoms with Crippen molar-refractivity contribution in [2.45, 2.75) is 64.7 Å². The van der Waals surface area contributed by atoms with E-state index in [1.807, 2.05) is 12.1 Å². The second-order valence-electron chi connectivity index (χ2n) is 4.91. The second-order valence-corrected chi connectivity index (χ2v) is 4.91. The zero-order valence-electron chi connectivity index (χ0n) is 11.5. The zero-order chi connectivity index (χ0) is 13.1. The van der Waals surface area contributed by atoms with Crippen LogP contribution in [0.2, 0.25) is 0 Å². The molecular formula is C16H25NO. The Kier molecular flexibility index (Phi) is 8.11. The van der Waals surface area contributed by atoms with Gasteiger partial charge in [0.25, 0.3) is 0 Å². The van der Waals surface area contributed by atoms with Gasteiger partial charge >= 0.3 is 0 Å². The topological polar surface area (TPSA) is 30.0 Å². The van der Waals surface area contributed by atoms with Crippen LogP contribution in [0.5, 0.6) is 0 Å². The molecule has 2 heteroatoms. The number of aryl methyl sites for hydroxylation is 1. The molecule has 0 amide bonds. The highest BCUT2D eigenvalue weighted by Gasteiger charge is 2.02. The number of carbonyl (C=O) groups excluding carboxylic acids is 1. The smallest absolute Gasteiger partial charge is 0.133 e. The standard InChI is InChI=1S/C16H25NO/c1-2-3-4-5-6-7-8-16(18)10-9-15-11-13-17-14-12-15/h11-14H,2-10H2,1H3. The quantitative estimate of drug-likeness (QED) is 0.576. The zero-order valence-corrected chi connectivity index (χ0v) is 11.5. The molecule has 0 N–H and O–H groups in total. The van der Waals surface area contributed by atoms with Crippen LogP contribution in [-0.4, -0.2) is 10.8 Å². The Morgan fingerprint density at radius 3 is 2.39 bits per heavy atom. The van der Waals surface area contributed by atoms with Crippen LogP contribution in [0.3, 0.4) is 0 Å². The van der Waals surface area contributed by atoms with Gasteiger partial charge in [-0.3, -0.25) is 9.78 Å². The second kappa shape index (κ2) is 9.81. The summed E-state index contributed by atoms with van der Waals surface area (Å²) >= 11 is 0. The normalized spacial score (nSPS) is 10.5. The first-order chi connectivity index (χ1) is 8.83. The molecule has 0 atom stereocenters. The third-order valence-electron chi connectivity index (χ3n) is 3.25. The van der Waals surface area contributed by atoms with Crippen LogP contribution in [0.4, 0.5) is 0 Å². The first-order valence-electron chi connectivity index (χ1n) is 7.23. The Hall–Kier alpha value is -1.18. The number of ketones is 1. The Bertz CT molecular complexity index is 321. The predicted molar refractivity (Wildman–Crippen MR) is 75.6 cm³/mol. The number of hydrogen-bond donors (Lipinski definition) is 0. The highest BCUT2D eigenvalue weighted by atomic mass is 16.1. The van der Waals surface area contributed by atoms with Gasteiger partial charge in [0.05, 0.1) is 0 Å². The Morgan fingerprint density at radius 1 is 1.00 bits per heavy atom. The summed E-state index contributed by atoms with van der Waals surface area (Å²) in [5, 5.41) is 0. The fourth-order valence-corrected chi connectivity index (χ4v) is 2.06. The van der Waals surface area contributed by atoms with E-state index in [1.165, 1.54) is 37.7 Å². The Morgan fingerprint density at radius 2 is 1.67 bits per heavy atom. The van der Waals surface area contributed by atoms with Gasteiger partial charge in [-0.05, 0) is 30.5 Å². The largest absolute Gasteiger partial charge is 0.300 e. The van der Waals surface area contributed by atoms with Gasteiger partial charge in [0.15, 0.2) is 0 Å². The number of pyridine rings is 1. The van der Waals surface area contributed by atoms with E-state index in [0.29, 0.717) is 12.2 Å². The van der Waals surface area contributed by atoms with E-state index in [-0.39, 0.29) is 0 Å². The summed E-state index contributed by atoms with van der Waals surface area (Å²) in [5.74, 6) is 0.405. The minimum atomic E-state index is 0.405. The summed E-state index contributed by atoms with van der Waals surface area (Å²) in [6.45, 7) is 2.22. The van der Waals surface area contributed by atoms with Crippen molar-refractivity contribution in [3.8, 4) is 0 Å². The predicted octanol–water partition coefficient (Wildman–Crippen LogP) is 4.33. The van der Waals surface area contributed by atoms with Gasteiger partial charge < -0.3 is 0 Å². The van der Waals surface area contributed by atoms with E-state index in [2.05, 4.69) is 11.9 Å². The maximum Gasteiger partial charge on any atom is 0.133 e. The molecule has 0 spiro atoms. The molecule has 0 unspecified atom stereocenters. The molecule has 1 aromatic rings. The van der Waals surface area contributed by atoms with E-state index in [4.69, 9.17) is 0 Å². The number of hydrogen-bond acceptors (Lipinski definition) is 2. The van der Waals surface area contributed by atoms with E-state index >= 15 is 0 Å². The molecule has 2 nitrogen and oxygen atoms in total. The van der Waals surface area contributed by atoms with Crippen LogP contribution in [0.1, 0.15) is 63.9 Å². The van der Waals surface area contributed by atoms with Gasteiger partial charge in [0, 0.05) is 25.2 Å². The van der Waals surface area contributed by atoms with Gasteiger partial charge in [0.1, 0.15) is 5.78 Å². The molecule has 1 rings (SSSR count). The van der Waals surface area contributed by atoms with Crippen LogP contribution < -0.4 is 0 Å². The van der Waals surface area contributed by atoms with Gasteiger partial charge in [-0.1, -0.05) is 39.0 Å². The fourth-order valence-electron chi connectivity index (χ4n) is 2.06. The van der Waals surface area contributed by atoms with Crippen molar-refractivity contribution >= 4 is 5.78 Å². The maximum atomic E-state index is 11.7. The highest BCUT2D eigenvalue weighted by Crippen LogP contribution is 2.09. The minimum Gasteiger partial charge on any atom is -0.300 e. The Balaban J connectivity index is 2.01. The highest BCUT2D eigenvalue weighted by molar-refractivity contribution is 5.78. The summed E-state index contributed by atoms with van der Waals surface area (Å²) < 4.78 is 0. The van der Waals surface area contributed by atoms with E-state index in [9.17, 15) is 4.79 Å².